The summed E-state index contributed by atoms with van der Waals surface area (Å²) < 4.78 is 41.1. The molecule has 1 N–H and O–H groups in total. The van der Waals surface area contributed by atoms with Crippen molar-refractivity contribution in [3.05, 3.63) is 57.8 Å². The maximum absolute atomic E-state index is 13.9. The van der Waals surface area contributed by atoms with Gasteiger partial charge in [0.15, 0.2) is 0 Å². The standard InChI is InChI=1S/C18H20BrFN2O3S/c1-4-22(5-2)26(24,25)14-8-6-12(3)15(11-14)18(23)21-17-9-7-13(19)10-16(17)20/h6-11H,4-5H2,1-3H3,(H,21,23). The van der Waals surface area contributed by atoms with E-state index in [0.717, 1.165) is 0 Å². The van der Waals surface area contributed by atoms with Crippen molar-refractivity contribution in [3.63, 3.8) is 0 Å². The molecule has 2 aromatic carbocycles. The Labute approximate surface area is 161 Å². The highest BCUT2D eigenvalue weighted by atomic mass is 79.9. The maximum Gasteiger partial charge on any atom is 0.256 e. The smallest absolute Gasteiger partial charge is 0.256 e. The summed E-state index contributed by atoms with van der Waals surface area (Å²) in [5.74, 6) is -1.15. The Morgan fingerprint density at radius 2 is 1.81 bits per heavy atom. The molecule has 0 radical (unpaired) electrons. The Bertz CT molecular complexity index is 928. The Morgan fingerprint density at radius 3 is 2.38 bits per heavy atom. The van der Waals surface area contributed by atoms with Gasteiger partial charge in [0.1, 0.15) is 5.82 Å². The minimum absolute atomic E-state index is 0.0228. The lowest BCUT2D eigenvalue weighted by molar-refractivity contribution is 0.102. The number of nitrogens with zero attached hydrogens (tertiary/aromatic N) is 1. The van der Waals surface area contributed by atoms with Crippen LogP contribution in [-0.2, 0) is 10.0 Å². The number of carbonyl (C=O) groups is 1. The molecule has 0 unspecified atom stereocenters. The van der Waals surface area contributed by atoms with E-state index in [1.165, 1.54) is 28.6 Å². The fourth-order valence-corrected chi connectivity index (χ4v) is 4.32. The summed E-state index contributed by atoms with van der Waals surface area (Å²) in [6.07, 6.45) is 0. The highest BCUT2D eigenvalue weighted by molar-refractivity contribution is 9.10. The van der Waals surface area contributed by atoms with Gasteiger partial charge < -0.3 is 5.32 Å². The van der Waals surface area contributed by atoms with E-state index in [0.29, 0.717) is 23.1 Å². The van der Waals surface area contributed by atoms with Gasteiger partial charge in [-0.15, -0.1) is 0 Å². The summed E-state index contributed by atoms with van der Waals surface area (Å²) in [6, 6.07) is 8.65. The van der Waals surface area contributed by atoms with Crippen molar-refractivity contribution in [2.75, 3.05) is 18.4 Å². The first-order valence-electron chi connectivity index (χ1n) is 8.07. The third kappa shape index (κ3) is 4.31. The SMILES string of the molecule is CCN(CC)S(=O)(=O)c1ccc(C)c(C(=O)Nc2ccc(Br)cc2F)c1. The summed E-state index contributed by atoms with van der Waals surface area (Å²) >= 11 is 3.15. The molecule has 2 aromatic rings. The molecule has 0 saturated heterocycles. The zero-order chi connectivity index (χ0) is 19.5. The molecule has 8 heteroatoms. The molecule has 0 aliphatic rings. The first-order chi connectivity index (χ1) is 12.2. The van der Waals surface area contributed by atoms with Gasteiger partial charge in [-0.05, 0) is 42.8 Å². The highest BCUT2D eigenvalue weighted by Crippen LogP contribution is 2.23. The molecule has 0 aliphatic heterocycles. The summed E-state index contributed by atoms with van der Waals surface area (Å²) in [5.41, 5.74) is 0.800. The molecule has 5 nitrogen and oxygen atoms in total. The van der Waals surface area contributed by atoms with E-state index in [1.807, 2.05) is 0 Å². The van der Waals surface area contributed by atoms with Crippen molar-refractivity contribution in [1.82, 2.24) is 4.31 Å². The predicted octanol–water partition coefficient (Wildman–Crippen LogP) is 4.18. The van der Waals surface area contributed by atoms with Crippen molar-refractivity contribution in [3.8, 4) is 0 Å². The van der Waals surface area contributed by atoms with Crippen LogP contribution in [0.1, 0.15) is 29.8 Å². The number of anilines is 1. The second-order valence-electron chi connectivity index (χ2n) is 5.64. The summed E-state index contributed by atoms with van der Waals surface area (Å²) in [4.78, 5) is 12.6. The first-order valence-corrected chi connectivity index (χ1v) is 10.3. The third-order valence-electron chi connectivity index (χ3n) is 3.98. The van der Waals surface area contributed by atoms with Crippen molar-refractivity contribution in [2.45, 2.75) is 25.7 Å². The lowest BCUT2D eigenvalue weighted by Crippen LogP contribution is -2.30. The van der Waals surface area contributed by atoms with E-state index < -0.39 is 21.7 Å². The summed E-state index contributed by atoms with van der Waals surface area (Å²) in [7, 11) is -3.69. The molecule has 0 atom stereocenters. The molecule has 0 bridgehead atoms. The van der Waals surface area contributed by atoms with Crippen LogP contribution in [-0.4, -0.2) is 31.7 Å². The molecule has 26 heavy (non-hydrogen) atoms. The van der Waals surface area contributed by atoms with Crippen LogP contribution in [0.2, 0.25) is 0 Å². The van der Waals surface area contributed by atoms with Crippen LogP contribution in [0.5, 0.6) is 0 Å². The quantitative estimate of drug-likeness (QED) is 0.729. The van der Waals surface area contributed by atoms with Gasteiger partial charge in [-0.3, -0.25) is 4.79 Å². The number of halogens is 2. The van der Waals surface area contributed by atoms with Crippen LogP contribution < -0.4 is 5.32 Å². The fraction of sp³-hybridized carbons (Fsp3) is 0.278. The van der Waals surface area contributed by atoms with Crippen molar-refractivity contribution >= 4 is 37.5 Å². The minimum Gasteiger partial charge on any atom is -0.319 e. The zero-order valence-corrected chi connectivity index (χ0v) is 17.1. The molecule has 2 rings (SSSR count). The van der Waals surface area contributed by atoms with Gasteiger partial charge in [-0.1, -0.05) is 35.8 Å². The van der Waals surface area contributed by atoms with Crippen LogP contribution in [0.3, 0.4) is 0 Å². The number of sulfonamides is 1. The Hall–Kier alpha value is -1.77. The topological polar surface area (TPSA) is 66.5 Å². The monoisotopic (exact) mass is 442 g/mol. The van der Waals surface area contributed by atoms with Crippen LogP contribution in [0.25, 0.3) is 0 Å². The number of carbonyl (C=O) groups excluding carboxylic acids is 1. The number of hydrogen-bond donors (Lipinski definition) is 1. The molecule has 0 fully saturated rings. The van der Waals surface area contributed by atoms with Gasteiger partial charge in [0, 0.05) is 23.1 Å². The second-order valence-corrected chi connectivity index (χ2v) is 8.50. The van der Waals surface area contributed by atoms with Gasteiger partial charge in [0.25, 0.3) is 5.91 Å². The number of aryl methyl sites for hydroxylation is 1. The molecular formula is C18H20BrFN2O3S. The van der Waals surface area contributed by atoms with Crippen LogP contribution in [0.15, 0.2) is 45.8 Å². The molecule has 1 amide bonds. The molecule has 0 spiro atoms. The fourth-order valence-electron chi connectivity index (χ4n) is 2.50. The molecular weight excluding hydrogens is 423 g/mol. The molecule has 0 aliphatic carbocycles. The average molecular weight is 443 g/mol. The van der Waals surface area contributed by atoms with Crippen molar-refractivity contribution < 1.29 is 17.6 Å². The van der Waals surface area contributed by atoms with E-state index in [9.17, 15) is 17.6 Å². The maximum atomic E-state index is 13.9. The summed E-state index contributed by atoms with van der Waals surface area (Å²) in [6.45, 7) is 5.86. The zero-order valence-electron chi connectivity index (χ0n) is 14.7. The van der Waals surface area contributed by atoms with Gasteiger partial charge in [0.2, 0.25) is 10.0 Å². The number of hydrogen-bond acceptors (Lipinski definition) is 3. The van der Waals surface area contributed by atoms with E-state index in [-0.39, 0.29) is 16.1 Å². The van der Waals surface area contributed by atoms with Crippen molar-refractivity contribution in [2.24, 2.45) is 0 Å². The Kier molecular flexibility index (Phi) is 6.54. The molecule has 0 heterocycles. The van der Waals surface area contributed by atoms with Crippen LogP contribution in [0.4, 0.5) is 10.1 Å². The molecule has 0 saturated carbocycles. The number of rotatable bonds is 6. The lowest BCUT2D eigenvalue weighted by atomic mass is 10.1. The van der Waals surface area contributed by atoms with Gasteiger partial charge in [0.05, 0.1) is 10.6 Å². The first kappa shape index (κ1) is 20.5. The largest absolute Gasteiger partial charge is 0.319 e. The predicted molar refractivity (Wildman–Crippen MR) is 103 cm³/mol. The van der Waals surface area contributed by atoms with Gasteiger partial charge in [-0.2, -0.15) is 4.31 Å². The lowest BCUT2D eigenvalue weighted by Gasteiger charge is -2.19. The van der Waals surface area contributed by atoms with Gasteiger partial charge in [-0.25, -0.2) is 12.8 Å². The number of benzene rings is 2. The Balaban J connectivity index is 2.39. The van der Waals surface area contributed by atoms with Crippen LogP contribution >= 0.6 is 15.9 Å². The molecule has 140 valence electrons. The second kappa shape index (κ2) is 8.28. The van der Waals surface area contributed by atoms with E-state index in [4.69, 9.17) is 0 Å². The van der Waals surface area contributed by atoms with E-state index in [1.54, 1.807) is 32.9 Å². The normalized spacial score (nSPS) is 11.6. The van der Waals surface area contributed by atoms with E-state index in [2.05, 4.69) is 21.2 Å². The third-order valence-corrected chi connectivity index (χ3v) is 6.52. The average Bonchev–Trinajstić information content (AvgIpc) is 2.58. The summed E-state index contributed by atoms with van der Waals surface area (Å²) in [5, 5.41) is 2.49. The van der Waals surface area contributed by atoms with Crippen LogP contribution in [0, 0.1) is 12.7 Å². The number of nitrogens with one attached hydrogen (secondary N) is 1. The van der Waals surface area contributed by atoms with Crippen molar-refractivity contribution in [1.29, 1.82) is 0 Å². The van der Waals surface area contributed by atoms with Gasteiger partial charge >= 0.3 is 0 Å². The number of amides is 1. The van der Waals surface area contributed by atoms with E-state index >= 15 is 0 Å². The molecule has 0 aromatic heterocycles. The Morgan fingerprint density at radius 1 is 1.15 bits per heavy atom. The minimum atomic E-state index is -3.69. The highest BCUT2D eigenvalue weighted by Gasteiger charge is 2.23.